The number of benzene rings is 1. The van der Waals surface area contributed by atoms with E-state index >= 15 is 0 Å². The van der Waals surface area contributed by atoms with E-state index in [-0.39, 0.29) is 5.91 Å². The van der Waals surface area contributed by atoms with Crippen LogP contribution in [0.4, 0.5) is 5.13 Å². The van der Waals surface area contributed by atoms with E-state index in [4.69, 9.17) is 0 Å². The van der Waals surface area contributed by atoms with Gasteiger partial charge >= 0.3 is 0 Å². The Labute approximate surface area is 117 Å². The lowest BCUT2D eigenvalue weighted by Crippen LogP contribution is -2.07. The predicted octanol–water partition coefficient (Wildman–Crippen LogP) is 3.72. The van der Waals surface area contributed by atoms with Gasteiger partial charge < -0.3 is 0 Å². The number of hydrogen-bond donors (Lipinski definition) is 1. The summed E-state index contributed by atoms with van der Waals surface area (Å²) in [6.45, 7) is 6.05. The average Bonchev–Trinajstić information content (AvgIpc) is 2.73. The molecule has 0 fully saturated rings. The van der Waals surface area contributed by atoms with Crippen LogP contribution in [0.3, 0.4) is 0 Å². The van der Waals surface area contributed by atoms with Gasteiger partial charge in [-0.3, -0.25) is 10.1 Å². The number of carbonyl (C=O) groups is 1. The highest BCUT2D eigenvalue weighted by atomic mass is 32.1. The van der Waals surface area contributed by atoms with E-state index in [1.807, 2.05) is 32.1 Å². The molecule has 2 rings (SSSR count). The molecular formula is C15H16N2OS. The first-order chi connectivity index (χ1) is 9.04. The van der Waals surface area contributed by atoms with Crippen molar-refractivity contribution < 1.29 is 4.79 Å². The summed E-state index contributed by atoms with van der Waals surface area (Å²) in [6.07, 6.45) is 5.10. The smallest absolute Gasteiger partial charge is 0.250 e. The van der Waals surface area contributed by atoms with Gasteiger partial charge in [0.25, 0.3) is 0 Å². The molecule has 2 aromatic rings. The summed E-state index contributed by atoms with van der Waals surface area (Å²) in [4.78, 5) is 16.9. The van der Waals surface area contributed by atoms with E-state index in [0.29, 0.717) is 5.13 Å². The summed E-state index contributed by atoms with van der Waals surface area (Å²) in [6, 6.07) is 6.15. The number of rotatable bonds is 3. The van der Waals surface area contributed by atoms with E-state index in [9.17, 15) is 4.79 Å². The largest absolute Gasteiger partial charge is 0.298 e. The first kappa shape index (κ1) is 13.5. The number of nitrogens with one attached hydrogen (secondary N) is 1. The molecule has 1 N–H and O–H groups in total. The minimum Gasteiger partial charge on any atom is -0.298 e. The fourth-order valence-corrected chi connectivity index (χ4v) is 2.41. The van der Waals surface area contributed by atoms with Crippen LogP contribution in [0.2, 0.25) is 0 Å². The number of anilines is 1. The van der Waals surface area contributed by atoms with E-state index in [2.05, 4.69) is 23.3 Å². The number of amides is 1. The summed E-state index contributed by atoms with van der Waals surface area (Å²) >= 11 is 1.47. The van der Waals surface area contributed by atoms with Crippen molar-refractivity contribution in [1.82, 2.24) is 4.98 Å². The van der Waals surface area contributed by atoms with Crippen molar-refractivity contribution >= 4 is 28.5 Å². The van der Waals surface area contributed by atoms with Crippen LogP contribution in [0.1, 0.15) is 21.6 Å². The summed E-state index contributed by atoms with van der Waals surface area (Å²) in [5.74, 6) is -0.158. The Bertz CT molecular complexity index is 629. The predicted molar refractivity (Wildman–Crippen MR) is 80.4 cm³/mol. The topological polar surface area (TPSA) is 42.0 Å². The van der Waals surface area contributed by atoms with Crippen LogP contribution in [0, 0.1) is 20.8 Å². The number of thiazole rings is 1. The van der Waals surface area contributed by atoms with Gasteiger partial charge in [0.1, 0.15) is 0 Å². The summed E-state index contributed by atoms with van der Waals surface area (Å²) in [5.41, 5.74) is 3.43. The fourth-order valence-electron chi connectivity index (χ4n) is 1.74. The van der Waals surface area contributed by atoms with Gasteiger partial charge in [-0.25, -0.2) is 4.98 Å². The van der Waals surface area contributed by atoms with Crippen molar-refractivity contribution in [3.8, 4) is 0 Å². The Morgan fingerprint density at radius 3 is 2.74 bits per heavy atom. The highest BCUT2D eigenvalue weighted by Gasteiger charge is 2.02. The summed E-state index contributed by atoms with van der Waals surface area (Å²) in [7, 11) is 0. The monoisotopic (exact) mass is 272 g/mol. The van der Waals surface area contributed by atoms with Crippen LogP contribution in [0.25, 0.3) is 6.08 Å². The lowest BCUT2D eigenvalue weighted by molar-refractivity contribution is -0.111. The Hall–Kier alpha value is -1.94. The molecule has 3 nitrogen and oxygen atoms in total. The molecule has 0 bridgehead atoms. The minimum absolute atomic E-state index is 0.158. The second kappa shape index (κ2) is 5.80. The zero-order valence-corrected chi connectivity index (χ0v) is 12.0. The van der Waals surface area contributed by atoms with Gasteiger partial charge in [0.2, 0.25) is 5.91 Å². The third-order valence-electron chi connectivity index (χ3n) is 2.69. The molecule has 0 spiro atoms. The highest BCUT2D eigenvalue weighted by Crippen LogP contribution is 2.17. The van der Waals surface area contributed by atoms with Gasteiger partial charge in [0.15, 0.2) is 5.13 Å². The number of carbonyl (C=O) groups excluding carboxylic acids is 1. The molecule has 1 aromatic heterocycles. The Morgan fingerprint density at radius 1 is 1.32 bits per heavy atom. The Kier molecular flexibility index (Phi) is 4.12. The van der Waals surface area contributed by atoms with Crippen molar-refractivity contribution in [2.75, 3.05) is 5.32 Å². The lowest BCUT2D eigenvalue weighted by atomic mass is 10.1. The molecule has 0 atom stereocenters. The van der Waals surface area contributed by atoms with Gasteiger partial charge in [0, 0.05) is 17.2 Å². The van der Waals surface area contributed by atoms with Gasteiger partial charge in [-0.1, -0.05) is 23.8 Å². The molecule has 0 aliphatic rings. The quantitative estimate of drug-likeness (QED) is 0.865. The molecule has 1 aromatic carbocycles. The molecule has 19 heavy (non-hydrogen) atoms. The van der Waals surface area contributed by atoms with Crippen molar-refractivity contribution in [2.24, 2.45) is 0 Å². The molecule has 1 amide bonds. The number of aryl methyl sites for hydroxylation is 3. The number of nitrogens with zero attached hydrogens (tertiary/aromatic N) is 1. The fraction of sp³-hybridized carbons (Fsp3) is 0.200. The zero-order chi connectivity index (χ0) is 13.8. The van der Waals surface area contributed by atoms with E-state index in [0.717, 1.165) is 16.0 Å². The minimum atomic E-state index is -0.158. The first-order valence-electron chi connectivity index (χ1n) is 6.03. The number of hydrogen-bond acceptors (Lipinski definition) is 3. The Morgan fingerprint density at radius 2 is 2.11 bits per heavy atom. The van der Waals surface area contributed by atoms with E-state index in [1.165, 1.54) is 23.0 Å². The van der Waals surface area contributed by atoms with Gasteiger partial charge in [-0.15, -0.1) is 11.3 Å². The second-order valence-corrected chi connectivity index (χ2v) is 5.69. The molecule has 1 heterocycles. The van der Waals surface area contributed by atoms with E-state index in [1.54, 1.807) is 6.20 Å². The SMILES string of the molecule is Cc1ccc(/C=C/C(=O)Nc2ncc(C)s2)c(C)c1. The molecule has 0 aliphatic heterocycles. The third-order valence-corrected chi connectivity index (χ3v) is 3.52. The van der Waals surface area contributed by atoms with Crippen LogP contribution in [-0.4, -0.2) is 10.9 Å². The van der Waals surface area contributed by atoms with Crippen molar-refractivity contribution in [1.29, 1.82) is 0 Å². The maximum absolute atomic E-state index is 11.7. The molecule has 98 valence electrons. The molecule has 0 aliphatic carbocycles. The van der Waals surface area contributed by atoms with Crippen molar-refractivity contribution in [3.63, 3.8) is 0 Å². The van der Waals surface area contributed by atoms with Crippen molar-refractivity contribution in [3.05, 3.63) is 52.0 Å². The maximum Gasteiger partial charge on any atom is 0.250 e. The van der Waals surface area contributed by atoms with Crippen LogP contribution < -0.4 is 5.32 Å². The van der Waals surface area contributed by atoms with Crippen LogP contribution >= 0.6 is 11.3 Å². The third kappa shape index (κ3) is 3.76. The van der Waals surface area contributed by atoms with Crippen LogP contribution in [0.5, 0.6) is 0 Å². The van der Waals surface area contributed by atoms with Gasteiger partial charge in [0.05, 0.1) is 0 Å². The van der Waals surface area contributed by atoms with Crippen molar-refractivity contribution in [2.45, 2.75) is 20.8 Å². The number of aromatic nitrogens is 1. The standard InChI is InChI=1S/C15H16N2OS/c1-10-4-5-13(11(2)8-10)6-7-14(18)17-15-16-9-12(3)19-15/h4-9H,1-3H3,(H,16,17,18)/b7-6+. The summed E-state index contributed by atoms with van der Waals surface area (Å²) < 4.78 is 0. The molecule has 4 heteroatoms. The molecular weight excluding hydrogens is 256 g/mol. The maximum atomic E-state index is 11.7. The molecule has 0 saturated carbocycles. The average molecular weight is 272 g/mol. The second-order valence-electron chi connectivity index (χ2n) is 4.46. The molecule has 0 saturated heterocycles. The molecule has 0 unspecified atom stereocenters. The van der Waals surface area contributed by atoms with Crippen LogP contribution in [0.15, 0.2) is 30.5 Å². The van der Waals surface area contributed by atoms with Gasteiger partial charge in [-0.2, -0.15) is 0 Å². The van der Waals surface area contributed by atoms with E-state index < -0.39 is 0 Å². The normalized spacial score (nSPS) is 10.9. The first-order valence-corrected chi connectivity index (χ1v) is 6.85. The summed E-state index contributed by atoms with van der Waals surface area (Å²) in [5, 5.41) is 3.38. The highest BCUT2D eigenvalue weighted by molar-refractivity contribution is 7.15. The Balaban J connectivity index is 2.03. The van der Waals surface area contributed by atoms with Crippen LogP contribution in [-0.2, 0) is 4.79 Å². The zero-order valence-electron chi connectivity index (χ0n) is 11.2. The lowest BCUT2D eigenvalue weighted by Gasteiger charge is -2.01. The van der Waals surface area contributed by atoms with Gasteiger partial charge in [-0.05, 0) is 38.0 Å². The molecule has 0 radical (unpaired) electrons.